The first kappa shape index (κ1) is 12.3. The standard InChI is InChI=1S/C12H13NO2S2/c1-13(10-11-6-5-9-16-11)17(14,15)12-7-3-2-4-8-12/h2-9H,10H2,1H3. The summed E-state index contributed by atoms with van der Waals surface area (Å²) in [6.45, 7) is 0.412. The zero-order chi connectivity index (χ0) is 12.3. The molecule has 2 aromatic rings. The van der Waals surface area contributed by atoms with Gasteiger partial charge in [0.15, 0.2) is 0 Å². The summed E-state index contributed by atoms with van der Waals surface area (Å²) in [5.74, 6) is 0. The third-order valence-electron chi connectivity index (χ3n) is 2.41. The lowest BCUT2D eigenvalue weighted by Gasteiger charge is -2.16. The first-order valence-corrected chi connectivity index (χ1v) is 7.46. The molecule has 0 fully saturated rings. The van der Waals surface area contributed by atoms with Gasteiger partial charge in [0.2, 0.25) is 10.0 Å². The van der Waals surface area contributed by atoms with Crippen molar-refractivity contribution < 1.29 is 8.42 Å². The SMILES string of the molecule is CN(Cc1cccs1)S(=O)(=O)c1ccccc1. The number of hydrogen-bond acceptors (Lipinski definition) is 3. The zero-order valence-electron chi connectivity index (χ0n) is 9.41. The summed E-state index contributed by atoms with van der Waals surface area (Å²) in [5.41, 5.74) is 0. The van der Waals surface area contributed by atoms with Gasteiger partial charge in [-0.15, -0.1) is 11.3 Å². The van der Waals surface area contributed by atoms with Gasteiger partial charge >= 0.3 is 0 Å². The lowest BCUT2D eigenvalue weighted by molar-refractivity contribution is 0.469. The van der Waals surface area contributed by atoms with Crippen molar-refractivity contribution in [2.45, 2.75) is 11.4 Å². The number of nitrogens with zero attached hydrogens (tertiary/aromatic N) is 1. The second-order valence-electron chi connectivity index (χ2n) is 3.65. The first-order chi connectivity index (χ1) is 8.10. The predicted molar refractivity (Wildman–Crippen MR) is 69.4 cm³/mol. The molecule has 3 nitrogen and oxygen atoms in total. The van der Waals surface area contributed by atoms with Gasteiger partial charge in [0.05, 0.1) is 4.90 Å². The van der Waals surface area contributed by atoms with Crippen molar-refractivity contribution in [3.63, 3.8) is 0 Å². The molecule has 0 radical (unpaired) electrons. The second-order valence-corrected chi connectivity index (χ2v) is 6.73. The third kappa shape index (κ3) is 2.74. The molecule has 2 rings (SSSR count). The summed E-state index contributed by atoms with van der Waals surface area (Å²) in [4.78, 5) is 1.37. The lowest BCUT2D eigenvalue weighted by Crippen LogP contribution is -2.26. The number of rotatable bonds is 4. The van der Waals surface area contributed by atoms with Crippen molar-refractivity contribution in [1.29, 1.82) is 0 Å². The van der Waals surface area contributed by atoms with Crippen LogP contribution in [0.1, 0.15) is 4.88 Å². The summed E-state index contributed by atoms with van der Waals surface area (Å²) in [6, 6.07) is 12.3. The molecule has 1 heterocycles. The highest BCUT2D eigenvalue weighted by Gasteiger charge is 2.20. The van der Waals surface area contributed by atoms with E-state index in [0.717, 1.165) is 4.88 Å². The van der Waals surface area contributed by atoms with Gasteiger partial charge in [0.1, 0.15) is 0 Å². The van der Waals surface area contributed by atoms with Crippen molar-refractivity contribution >= 4 is 21.4 Å². The number of benzene rings is 1. The second kappa shape index (κ2) is 5.00. The highest BCUT2D eigenvalue weighted by Crippen LogP contribution is 2.18. The van der Waals surface area contributed by atoms with Gasteiger partial charge in [-0.2, -0.15) is 4.31 Å². The van der Waals surface area contributed by atoms with E-state index in [1.807, 2.05) is 17.5 Å². The van der Waals surface area contributed by atoms with Crippen LogP contribution < -0.4 is 0 Å². The number of sulfonamides is 1. The van der Waals surface area contributed by atoms with Crippen LogP contribution in [0, 0.1) is 0 Å². The molecule has 0 spiro atoms. The smallest absolute Gasteiger partial charge is 0.207 e. The quantitative estimate of drug-likeness (QED) is 0.854. The van der Waals surface area contributed by atoms with Gasteiger partial charge in [0.25, 0.3) is 0 Å². The molecule has 0 aliphatic carbocycles. The zero-order valence-corrected chi connectivity index (χ0v) is 11.0. The number of hydrogen-bond donors (Lipinski definition) is 0. The highest BCUT2D eigenvalue weighted by atomic mass is 32.2. The van der Waals surface area contributed by atoms with Gasteiger partial charge in [-0.25, -0.2) is 8.42 Å². The van der Waals surface area contributed by atoms with Crippen molar-refractivity contribution in [2.24, 2.45) is 0 Å². The number of thiophene rings is 1. The largest absolute Gasteiger partial charge is 0.243 e. The van der Waals surface area contributed by atoms with Crippen LogP contribution in [0.4, 0.5) is 0 Å². The van der Waals surface area contributed by atoms with E-state index in [1.165, 1.54) is 4.31 Å². The van der Waals surface area contributed by atoms with Crippen LogP contribution >= 0.6 is 11.3 Å². The van der Waals surface area contributed by atoms with E-state index < -0.39 is 10.0 Å². The van der Waals surface area contributed by atoms with Crippen molar-refractivity contribution in [1.82, 2.24) is 4.31 Å². The molecule has 17 heavy (non-hydrogen) atoms. The van der Waals surface area contributed by atoms with Gasteiger partial charge in [-0.1, -0.05) is 24.3 Å². The molecule has 1 aromatic heterocycles. The Kier molecular flexibility index (Phi) is 3.61. The Morgan fingerprint density at radius 3 is 2.41 bits per heavy atom. The maximum absolute atomic E-state index is 12.2. The predicted octanol–water partition coefficient (Wildman–Crippen LogP) is 2.57. The average molecular weight is 267 g/mol. The van der Waals surface area contributed by atoms with Gasteiger partial charge in [0, 0.05) is 18.5 Å². The van der Waals surface area contributed by atoms with Crippen LogP contribution in [0.25, 0.3) is 0 Å². The maximum Gasteiger partial charge on any atom is 0.243 e. The molecular formula is C12H13NO2S2. The molecule has 0 bridgehead atoms. The Labute approximate surface area is 105 Å². The molecule has 5 heteroatoms. The highest BCUT2D eigenvalue weighted by molar-refractivity contribution is 7.89. The normalized spacial score (nSPS) is 11.9. The fourth-order valence-corrected chi connectivity index (χ4v) is 3.49. The van der Waals surface area contributed by atoms with E-state index >= 15 is 0 Å². The fraction of sp³-hybridized carbons (Fsp3) is 0.167. The van der Waals surface area contributed by atoms with E-state index in [2.05, 4.69) is 0 Å². The summed E-state index contributed by atoms with van der Waals surface area (Å²) in [7, 11) is -1.78. The topological polar surface area (TPSA) is 37.4 Å². The molecular weight excluding hydrogens is 254 g/mol. The molecule has 1 aromatic carbocycles. The first-order valence-electron chi connectivity index (χ1n) is 5.14. The van der Waals surface area contributed by atoms with E-state index in [1.54, 1.807) is 48.7 Å². The molecule has 0 amide bonds. The van der Waals surface area contributed by atoms with Crippen molar-refractivity contribution in [3.05, 3.63) is 52.7 Å². The van der Waals surface area contributed by atoms with Crippen molar-refractivity contribution in [2.75, 3.05) is 7.05 Å². The van der Waals surface area contributed by atoms with E-state index in [-0.39, 0.29) is 0 Å². The van der Waals surface area contributed by atoms with E-state index in [9.17, 15) is 8.42 Å². The Morgan fingerprint density at radius 2 is 1.82 bits per heavy atom. The fourth-order valence-electron chi connectivity index (χ4n) is 1.48. The molecule has 0 aliphatic rings. The van der Waals surface area contributed by atoms with Crippen LogP contribution in [-0.4, -0.2) is 19.8 Å². The Hall–Kier alpha value is -1.17. The third-order valence-corrected chi connectivity index (χ3v) is 5.09. The van der Waals surface area contributed by atoms with Crippen LogP contribution in [0.2, 0.25) is 0 Å². The Morgan fingerprint density at radius 1 is 1.12 bits per heavy atom. The summed E-state index contributed by atoms with van der Waals surface area (Å²) in [5, 5.41) is 1.94. The van der Waals surface area contributed by atoms with Gasteiger partial charge in [-0.05, 0) is 23.6 Å². The monoisotopic (exact) mass is 267 g/mol. The van der Waals surface area contributed by atoms with Crippen LogP contribution in [0.15, 0.2) is 52.7 Å². The van der Waals surface area contributed by atoms with E-state index in [0.29, 0.717) is 11.4 Å². The van der Waals surface area contributed by atoms with Gasteiger partial charge < -0.3 is 0 Å². The maximum atomic E-state index is 12.2. The van der Waals surface area contributed by atoms with Crippen LogP contribution in [0.3, 0.4) is 0 Å². The average Bonchev–Trinajstić information content (AvgIpc) is 2.83. The molecule has 0 saturated heterocycles. The molecule has 0 unspecified atom stereocenters. The van der Waals surface area contributed by atoms with Gasteiger partial charge in [-0.3, -0.25) is 0 Å². The van der Waals surface area contributed by atoms with Crippen LogP contribution in [-0.2, 0) is 16.6 Å². The minimum Gasteiger partial charge on any atom is -0.207 e. The summed E-state index contributed by atoms with van der Waals surface area (Å²) >= 11 is 1.56. The molecule has 0 N–H and O–H groups in total. The minimum absolute atomic E-state index is 0.332. The molecule has 0 atom stereocenters. The van der Waals surface area contributed by atoms with Crippen LogP contribution in [0.5, 0.6) is 0 Å². The summed E-state index contributed by atoms with van der Waals surface area (Å²) in [6.07, 6.45) is 0. The summed E-state index contributed by atoms with van der Waals surface area (Å²) < 4.78 is 25.7. The lowest BCUT2D eigenvalue weighted by atomic mass is 10.4. The molecule has 90 valence electrons. The van der Waals surface area contributed by atoms with E-state index in [4.69, 9.17) is 0 Å². The molecule has 0 aliphatic heterocycles. The molecule has 0 saturated carbocycles. The van der Waals surface area contributed by atoms with Crippen molar-refractivity contribution in [3.8, 4) is 0 Å². The Bertz CT molecular complexity index is 562. The Balaban J connectivity index is 2.22. The minimum atomic E-state index is -3.38.